The van der Waals surface area contributed by atoms with E-state index in [-0.39, 0.29) is 5.82 Å². The number of aryl methyl sites for hydroxylation is 1. The maximum Gasteiger partial charge on any atom is 0.229 e. The molecule has 152 valence electrons. The Morgan fingerprint density at radius 2 is 1.82 bits per heavy atom. The van der Waals surface area contributed by atoms with Crippen molar-refractivity contribution in [1.29, 1.82) is 0 Å². The fraction of sp³-hybridized carbons (Fsp3) is 0.429. The van der Waals surface area contributed by atoms with E-state index in [1.54, 1.807) is 24.3 Å². The van der Waals surface area contributed by atoms with Gasteiger partial charge in [-0.05, 0) is 47.4 Å². The summed E-state index contributed by atoms with van der Waals surface area (Å²) in [4.78, 5) is 0. The number of halogens is 2. The SMILES string of the molecule is CCCc1ccc(O[C@@H]2O[C@@H](CF)[C@H](O)[C@@H](O)[C@H]2O)cc1-c1cccc(F)c1. The minimum atomic E-state index is -1.60. The molecule has 0 spiro atoms. The van der Waals surface area contributed by atoms with Crippen molar-refractivity contribution >= 4 is 0 Å². The first-order valence-electron chi connectivity index (χ1n) is 9.25. The van der Waals surface area contributed by atoms with Crippen LogP contribution in [0.1, 0.15) is 18.9 Å². The lowest BCUT2D eigenvalue weighted by molar-refractivity contribution is -0.274. The van der Waals surface area contributed by atoms with Crippen molar-refractivity contribution in [1.82, 2.24) is 0 Å². The Kier molecular flexibility index (Phi) is 6.61. The maximum absolute atomic E-state index is 13.7. The molecule has 3 N–H and O–H groups in total. The standard InChI is InChI=1S/C21H24F2O5/c1-2-4-12-7-8-15(10-16(12)13-5-3-6-14(23)9-13)27-21-20(26)19(25)18(24)17(11-22)28-21/h3,5-10,17-21,24-26H,2,4,11H2,1H3/t17-,18-,19+,20+,21+/m0/s1. The molecule has 3 rings (SSSR count). The van der Waals surface area contributed by atoms with Crippen molar-refractivity contribution in [2.75, 3.05) is 6.67 Å². The summed E-state index contributed by atoms with van der Waals surface area (Å²) in [6.45, 7) is 1.00. The van der Waals surface area contributed by atoms with Crippen LogP contribution in [0.5, 0.6) is 5.75 Å². The number of ether oxygens (including phenoxy) is 2. The Labute approximate surface area is 162 Å². The molecule has 5 atom stereocenters. The summed E-state index contributed by atoms with van der Waals surface area (Å²) < 4.78 is 37.6. The lowest BCUT2D eigenvalue weighted by atomic mass is 9.96. The van der Waals surface area contributed by atoms with Crippen molar-refractivity contribution in [3.63, 3.8) is 0 Å². The molecule has 1 aliphatic rings. The molecule has 5 nitrogen and oxygen atoms in total. The maximum atomic E-state index is 13.7. The number of hydrogen-bond donors (Lipinski definition) is 3. The molecule has 1 fully saturated rings. The monoisotopic (exact) mass is 394 g/mol. The summed E-state index contributed by atoms with van der Waals surface area (Å²) in [6, 6.07) is 11.4. The van der Waals surface area contributed by atoms with Gasteiger partial charge in [0.25, 0.3) is 0 Å². The first-order valence-corrected chi connectivity index (χ1v) is 9.25. The van der Waals surface area contributed by atoms with Crippen LogP contribution in [0.15, 0.2) is 42.5 Å². The van der Waals surface area contributed by atoms with Gasteiger partial charge < -0.3 is 24.8 Å². The zero-order valence-corrected chi connectivity index (χ0v) is 15.5. The van der Waals surface area contributed by atoms with Crippen LogP contribution in [0.3, 0.4) is 0 Å². The van der Waals surface area contributed by atoms with E-state index in [0.29, 0.717) is 11.3 Å². The van der Waals surface area contributed by atoms with E-state index in [4.69, 9.17) is 9.47 Å². The highest BCUT2D eigenvalue weighted by molar-refractivity contribution is 5.69. The highest BCUT2D eigenvalue weighted by Crippen LogP contribution is 2.31. The Morgan fingerprint density at radius 1 is 1.04 bits per heavy atom. The van der Waals surface area contributed by atoms with Crippen LogP contribution in [0.2, 0.25) is 0 Å². The zero-order chi connectivity index (χ0) is 20.3. The number of aliphatic hydroxyl groups is 3. The molecule has 0 radical (unpaired) electrons. The molecule has 28 heavy (non-hydrogen) atoms. The molecule has 1 saturated heterocycles. The van der Waals surface area contributed by atoms with Crippen molar-refractivity contribution in [2.24, 2.45) is 0 Å². The molecule has 0 bridgehead atoms. The molecule has 0 aromatic heterocycles. The topological polar surface area (TPSA) is 79.2 Å². The van der Waals surface area contributed by atoms with Crippen molar-refractivity contribution < 1.29 is 33.6 Å². The molecule has 1 heterocycles. The van der Waals surface area contributed by atoms with Crippen LogP contribution in [0, 0.1) is 5.82 Å². The molecule has 0 amide bonds. The van der Waals surface area contributed by atoms with E-state index in [2.05, 4.69) is 0 Å². The summed E-state index contributed by atoms with van der Waals surface area (Å²) in [5.74, 6) is -0.0513. The van der Waals surface area contributed by atoms with Crippen LogP contribution in [-0.2, 0) is 11.2 Å². The average Bonchev–Trinajstić information content (AvgIpc) is 2.69. The van der Waals surface area contributed by atoms with Gasteiger partial charge in [0.05, 0.1) is 0 Å². The van der Waals surface area contributed by atoms with Gasteiger partial charge in [0.2, 0.25) is 6.29 Å². The molecule has 0 unspecified atom stereocenters. The lowest BCUT2D eigenvalue weighted by Crippen LogP contribution is -2.59. The molecule has 2 aromatic rings. The molecule has 0 saturated carbocycles. The van der Waals surface area contributed by atoms with Gasteiger partial charge in [0.15, 0.2) is 0 Å². The van der Waals surface area contributed by atoms with Gasteiger partial charge in [-0.15, -0.1) is 0 Å². The largest absolute Gasteiger partial charge is 0.462 e. The fourth-order valence-electron chi connectivity index (χ4n) is 3.32. The van der Waals surface area contributed by atoms with E-state index < -0.39 is 37.4 Å². The highest BCUT2D eigenvalue weighted by Gasteiger charge is 2.45. The van der Waals surface area contributed by atoms with E-state index in [0.717, 1.165) is 24.0 Å². The van der Waals surface area contributed by atoms with Crippen LogP contribution >= 0.6 is 0 Å². The third kappa shape index (κ3) is 4.33. The third-order valence-electron chi connectivity index (χ3n) is 4.81. The first-order chi connectivity index (χ1) is 13.4. The lowest BCUT2D eigenvalue weighted by Gasteiger charge is -2.39. The Morgan fingerprint density at radius 3 is 2.50 bits per heavy atom. The normalized spacial score (nSPS) is 27.6. The summed E-state index contributed by atoms with van der Waals surface area (Å²) in [6.07, 6.45) is -5.66. The molecule has 0 aliphatic carbocycles. The van der Waals surface area contributed by atoms with Gasteiger partial charge in [-0.1, -0.05) is 31.5 Å². The van der Waals surface area contributed by atoms with Gasteiger partial charge >= 0.3 is 0 Å². The van der Waals surface area contributed by atoms with E-state index >= 15 is 0 Å². The summed E-state index contributed by atoms with van der Waals surface area (Å²) in [7, 11) is 0. The number of benzene rings is 2. The van der Waals surface area contributed by atoms with Gasteiger partial charge in [0.1, 0.15) is 42.7 Å². The Balaban J connectivity index is 1.89. The van der Waals surface area contributed by atoms with Gasteiger partial charge in [-0.3, -0.25) is 0 Å². The summed E-state index contributed by atoms with van der Waals surface area (Å²) in [5, 5.41) is 29.8. The smallest absolute Gasteiger partial charge is 0.229 e. The molecule has 7 heteroatoms. The third-order valence-corrected chi connectivity index (χ3v) is 4.81. The molecule has 1 aliphatic heterocycles. The van der Waals surface area contributed by atoms with Gasteiger partial charge in [0, 0.05) is 0 Å². The Hall–Kier alpha value is -2.06. The second-order valence-corrected chi connectivity index (χ2v) is 6.87. The highest BCUT2D eigenvalue weighted by atomic mass is 19.1. The Bertz CT molecular complexity index is 798. The van der Waals surface area contributed by atoms with Crippen molar-refractivity contribution in [3.8, 4) is 16.9 Å². The second-order valence-electron chi connectivity index (χ2n) is 6.87. The van der Waals surface area contributed by atoms with E-state index in [1.165, 1.54) is 12.1 Å². The second kappa shape index (κ2) is 8.96. The zero-order valence-electron chi connectivity index (χ0n) is 15.5. The number of alkyl halides is 1. The minimum Gasteiger partial charge on any atom is -0.462 e. The predicted octanol–water partition coefficient (Wildman–Crippen LogP) is 2.60. The fourth-order valence-corrected chi connectivity index (χ4v) is 3.32. The van der Waals surface area contributed by atoms with Crippen molar-refractivity contribution in [2.45, 2.75) is 50.5 Å². The number of hydrogen-bond acceptors (Lipinski definition) is 5. The summed E-state index contributed by atoms with van der Waals surface area (Å²) >= 11 is 0. The number of rotatable bonds is 6. The van der Waals surface area contributed by atoms with E-state index in [9.17, 15) is 24.1 Å². The van der Waals surface area contributed by atoms with Crippen LogP contribution in [0.25, 0.3) is 11.1 Å². The average molecular weight is 394 g/mol. The van der Waals surface area contributed by atoms with Crippen molar-refractivity contribution in [3.05, 3.63) is 53.8 Å². The molecule has 2 aromatic carbocycles. The first kappa shape index (κ1) is 20.7. The van der Waals surface area contributed by atoms with E-state index in [1.807, 2.05) is 13.0 Å². The van der Waals surface area contributed by atoms with Gasteiger partial charge in [-0.2, -0.15) is 0 Å². The van der Waals surface area contributed by atoms with Gasteiger partial charge in [-0.25, -0.2) is 8.78 Å². The molecular weight excluding hydrogens is 370 g/mol. The van der Waals surface area contributed by atoms with Crippen LogP contribution < -0.4 is 4.74 Å². The summed E-state index contributed by atoms with van der Waals surface area (Å²) in [5.41, 5.74) is 2.45. The minimum absolute atomic E-state index is 0.310. The van der Waals surface area contributed by atoms with Crippen LogP contribution in [-0.4, -0.2) is 52.7 Å². The van der Waals surface area contributed by atoms with Crippen LogP contribution in [0.4, 0.5) is 8.78 Å². The predicted molar refractivity (Wildman–Crippen MR) is 99.1 cm³/mol. The molecular formula is C21H24F2O5. The quantitative estimate of drug-likeness (QED) is 0.702. The number of aliphatic hydroxyl groups excluding tert-OH is 3.